The molecule has 1 atom stereocenters. The minimum atomic E-state index is -3.59. The number of aliphatic hydroxyl groups is 1. The van der Waals surface area contributed by atoms with Crippen LogP contribution >= 0.6 is 11.6 Å². The summed E-state index contributed by atoms with van der Waals surface area (Å²) in [5.74, 6) is 0.205. The van der Waals surface area contributed by atoms with Gasteiger partial charge in [-0.3, -0.25) is 9.71 Å². The summed E-state index contributed by atoms with van der Waals surface area (Å²) in [4.78, 5) is 4.33. The van der Waals surface area contributed by atoms with Crippen LogP contribution in [-0.4, -0.2) is 32.0 Å². The zero-order chi connectivity index (χ0) is 13.3. The molecule has 1 unspecified atom stereocenters. The van der Waals surface area contributed by atoms with Gasteiger partial charge in [-0.1, -0.05) is 24.6 Å². The van der Waals surface area contributed by atoms with Crippen molar-refractivity contribution in [2.24, 2.45) is 4.99 Å². The third-order valence-corrected chi connectivity index (χ3v) is 4.42. The maximum Gasteiger partial charge on any atom is 0.263 e. The van der Waals surface area contributed by atoms with E-state index in [4.69, 9.17) is 16.7 Å². The fourth-order valence-corrected chi connectivity index (χ4v) is 3.30. The Balaban J connectivity index is 2.58. The summed E-state index contributed by atoms with van der Waals surface area (Å²) in [6.45, 7) is 1.73. The molecule has 18 heavy (non-hydrogen) atoms. The van der Waals surface area contributed by atoms with Crippen LogP contribution < -0.4 is 4.72 Å². The van der Waals surface area contributed by atoms with Gasteiger partial charge in [0.15, 0.2) is 0 Å². The normalized spacial score (nSPS) is 20.5. The van der Waals surface area contributed by atoms with Gasteiger partial charge < -0.3 is 5.11 Å². The van der Waals surface area contributed by atoms with E-state index in [9.17, 15) is 8.42 Å². The lowest BCUT2D eigenvalue weighted by atomic mass is 10.2. The summed E-state index contributed by atoms with van der Waals surface area (Å²) < 4.78 is 26.1. The molecule has 2 rings (SSSR count). The molecule has 1 aromatic carbocycles. The van der Waals surface area contributed by atoms with Gasteiger partial charge in [-0.15, -0.1) is 0 Å². The lowest BCUT2D eigenvalue weighted by Crippen LogP contribution is -2.25. The van der Waals surface area contributed by atoms with Crippen molar-refractivity contribution in [3.63, 3.8) is 0 Å². The molecule has 98 valence electrons. The molecule has 2 N–H and O–H groups in total. The summed E-state index contributed by atoms with van der Waals surface area (Å²) in [5.41, 5.74) is 0.381. The summed E-state index contributed by atoms with van der Waals surface area (Å²) >= 11 is 6.01. The van der Waals surface area contributed by atoms with E-state index in [1.54, 1.807) is 12.1 Å². The number of halogens is 1. The Morgan fingerprint density at radius 2 is 2.22 bits per heavy atom. The Morgan fingerprint density at radius 3 is 2.83 bits per heavy atom. The summed E-state index contributed by atoms with van der Waals surface area (Å²) in [7, 11) is -3.59. The number of benzene rings is 1. The molecule has 0 radical (unpaired) electrons. The highest BCUT2D eigenvalue weighted by molar-refractivity contribution is 7.90. The van der Waals surface area contributed by atoms with Gasteiger partial charge in [-0.05, 0) is 18.6 Å². The molecule has 0 amide bonds. The van der Waals surface area contributed by atoms with Crippen molar-refractivity contribution in [3.8, 4) is 0 Å². The number of hydrogen-bond donors (Lipinski definition) is 2. The molecule has 0 saturated heterocycles. The van der Waals surface area contributed by atoms with Gasteiger partial charge in [0, 0.05) is 0 Å². The number of nitrogens with zero attached hydrogens (tertiary/aromatic N) is 1. The van der Waals surface area contributed by atoms with E-state index in [0.29, 0.717) is 17.0 Å². The fourth-order valence-electron chi connectivity index (χ4n) is 1.73. The number of sulfonamides is 1. The van der Waals surface area contributed by atoms with Gasteiger partial charge in [-0.2, -0.15) is 0 Å². The van der Waals surface area contributed by atoms with Gasteiger partial charge in [-0.25, -0.2) is 8.42 Å². The third kappa shape index (κ3) is 2.23. The molecular weight excluding hydrogens is 276 g/mol. The van der Waals surface area contributed by atoms with Gasteiger partial charge in [0.05, 0.1) is 28.1 Å². The molecule has 5 nitrogen and oxygen atoms in total. The van der Waals surface area contributed by atoms with Crippen LogP contribution in [0.1, 0.15) is 18.9 Å². The number of aliphatic hydroxyl groups excluding tert-OH is 1. The second-order valence-corrected chi connectivity index (χ2v) is 6.00. The van der Waals surface area contributed by atoms with Crippen LogP contribution in [0.4, 0.5) is 0 Å². The molecule has 0 aromatic heterocycles. The first-order valence-corrected chi connectivity index (χ1v) is 7.36. The molecule has 0 aliphatic carbocycles. The largest absolute Gasteiger partial charge is 0.394 e. The van der Waals surface area contributed by atoms with Crippen LogP contribution in [0.3, 0.4) is 0 Å². The predicted molar refractivity (Wildman–Crippen MR) is 69.5 cm³/mol. The highest BCUT2D eigenvalue weighted by atomic mass is 35.5. The average molecular weight is 289 g/mol. The Bertz CT molecular complexity index is 594. The van der Waals surface area contributed by atoms with Crippen LogP contribution in [0.25, 0.3) is 0 Å². The predicted octanol–water partition coefficient (Wildman–Crippen LogP) is 1.15. The van der Waals surface area contributed by atoms with E-state index in [1.165, 1.54) is 6.07 Å². The van der Waals surface area contributed by atoms with Crippen molar-refractivity contribution in [2.45, 2.75) is 24.3 Å². The van der Waals surface area contributed by atoms with E-state index in [2.05, 4.69) is 9.71 Å². The fraction of sp³-hybridized carbons (Fsp3) is 0.364. The molecular formula is C11H13ClN2O3S. The van der Waals surface area contributed by atoms with Crippen molar-refractivity contribution in [3.05, 3.63) is 28.8 Å². The average Bonchev–Trinajstić information content (AvgIpc) is 2.59. The van der Waals surface area contributed by atoms with Crippen LogP contribution in [0.5, 0.6) is 0 Å². The van der Waals surface area contributed by atoms with E-state index >= 15 is 0 Å². The van der Waals surface area contributed by atoms with Crippen molar-refractivity contribution >= 4 is 27.5 Å². The molecule has 1 aliphatic heterocycles. The minimum absolute atomic E-state index is 0.126. The third-order valence-electron chi connectivity index (χ3n) is 2.73. The SMILES string of the molecule is CCC(CO)N=C1NS(=O)(=O)c2cccc(Cl)c21. The van der Waals surface area contributed by atoms with Crippen LogP contribution in [0.15, 0.2) is 28.1 Å². The lowest BCUT2D eigenvalue weighted by Gasteiger charge is -2.07. The van der Waals surface area contributed by atoms with E-state index in [0.717, 1.165) is 0 Å². The summed E-state index contributed by atoms with van der Waals surface area (Å²) in [6, 6.07) is 4.32. The first-order chi connectivity index (χ1) is 8.49. The van der Waals surface area contributed by atoms with Crippen molar-refractivity contribution in [1.29, 1.82) is 0 Å². The van der Waals surface area contributed by atoms with Gasteiger partial charge in [0.1, 0.15) is 5.84 Å². The highest BCUT2D eigenvalue weighted by Crippen LogP contribution is 2.29. The Morgan fingerprint density at radius 1 is 1.50 bits per heavy atom. The van der Waals surface area contributed by atoms with Crippen molar-refractivity contribution in [2.75, 3.05) is 6.61 Å². The lowest BCUT2D eigenvalue weighted by molar-refractivity contribution is 0.264. The molecule has 0 fully saturated rings. The standard InChI is InChI=1S/C11H13ClN2O3S/c1-2-7(6-15)13-11-10-8(12)4-3-5-9(10)18(16,17)14-11/h3-5,7,15H,2,6H2,1H3,(H,13,14). The van der Waals surface area contributed by atoms with Crippen LogP contribution in [0, 0.1) is 0 Å². The number of fused-ring (bicyclic) bond motifs is 1. The maximum atomic E-state index is 11.9. The molecule has 1 heterocycles. The maximum absolute atomic E-state index is 11.9. The topological polar surface area (TPSA) is 78.8 Å². The van der Waals surface area contributed by atoms with Gasteiger partial charge >= 0.3 is 0 Å². The zero-order valence-electron chi connectivity index (χ0n) is 9.72. The molecule has 0 saturated carbocycles. The number of nitrogens with one attached hydrogen (secondary N) is 1. The van der Waals surface area contributed by atoms with E-state index < -0.39 is 10.0 Å². The first-order valence-electron chi connectivity index (χ1n) is 5.50. The number of hydrogen-bond acceptors (Lipinski definition) is 4. The van der Waals surface area contributed by atoms with Gasteiger partial charge in [0.25, 0.3) is 10.0 Å². The second-order valence-electron chi connectivity index (χ2n) is 3.94. The minimum Gasteiger partial charge on any atom is -0.394 e. The molecule has 1 aliphatic rings. The first kappa shape index (κ1) is 13.3. The Kier molecular flexibility index (Phi) is 3.61. The van der Waals surface area contributed by atoms with E-state index in [1.807, 2.05) is 6.92 Å². The number of aliphatic imine (C=N–C) groups is 1. The molecule has 1 aromatic rings. The highest BCUT2D eigenvalue weighted by Gasteiger charge is 2.32. The second kappa shape index (κ2) is 4.87. The van der Waals surface area contributed by atoms with Crippen molar-refractivity contribution in [1.82, 2.24) is 4.72 Å². The number of rotatable bonds is 3. The molecule has 0 bridgehead atoms. The molecule has 0 spiro atoms. The van der Waals surface area contributed by atoms with Crippen LogP contribution in [-0.2, 0) is 10.0 Å². The smallest absolute Gasteiger partial charge is 0.263 e. The van der Waals surface area contributed by atoms with E-state index in [-0.39, 0.29) is 23.4 Å². The summed E-state index contributed by atoms with van der Waals surface area (Å²) in [5, 5.41) is 9.44. The van der Waals surface area contributed by atoms with Crippen molar-refractivity contribution < 1.29 is 13.5 Å². The quantitative estimate of drug-likeness (QED) is 0.876. The summed E-state index contributed by atoms with van der Waals surface area (Å²) in [6.07, 6.45) is 0.613. The van der Waals surface area contributed by atoms with Gasteiger partial charge in [0.2, 0.25) is 0 Å². The number of amidine groups is 1. The Hall–Kier alpha value is -1.11. The zero-order valence-corrected chi connectivity index (χ0v) is 11.3. The van der Waals surface area contributed by atoms with Crippen LogP contribution in [0.2, 0.25) is 5.02 Å². The monoisotopic (exact) mass is 288 g/mol. The molecule has 7 heteroatoms. The Labute approximate surface area is 111 Å².